The van der Waals surface area contributed by atoms with Crippen molar-refractivity contribution in [2.45, 2.75) is 26.2 Å². The average molecular weight is 347 g/mol. The number of hydroxylamine groups is 2. The van der Waals surface area contributed by atoms with Gasteiger partial charge in [-0.1, -0.05) is 0 Å². The van der Waals surface area contributed by atoms with E-state index in [-0.39, 0.29) is 25.9 Å². The van der Waals surface area contributed by atoms with Crippen LogP contribution in [0.15, 0.2) is 0 Å². The molecule has 1 heterocycles. The van der Waals surface area contributed by atoms with E-state index in [9.17, 15) is 14.4 Å². The first-order valence-electron chi connectivity index (χ1n) is 8.02. The molecule has 9 heteroatoms. The largest absolute Gasteiger partial charge is 0.379 e. The van der Waals surface area contributed by atoms with E-state index >= 15 is 0 Å². The topological polar surface area (TPSA) is 101 Å². The van der Waals surface area contributed by atoms with Crippen LogP contribution in [-0.2, 0) is 38.2 Å². The van der Waals surface area contributed by atoms with Crippen LogP contribution in [0.2, 0.25) is 0 Å². The zero-order valence-corrected chi connectivity index (χ0v) is 14.0. The number of ether oxygens (including phenoxy) is 4. The minimum atomic E-state index is -0.679. The first kappa shape index (κ1) is 20.5. The molecule has 24 heavy (non-hydrogen) atoms. The van der Waals surface area contributed by atoms with Gasteiger partial charge in [-0.3, -0.25) is 9.59 Å². The molecular formula is C15H25NO8. The highest BCUT2D eigenvalue weighted by Gasteiger charge is 2.32. The molecule has 0 aromatic heterocycles. The second-order valence-corrected chi connectivity index (χ2v) is 4.83. The van der Waals surface area contributed by atoms with Crippen LogP contribution in [0.1, 0.15) is 26.2 Å². The molecule has 1 rings (SSSR count). The van der Waals surface area contributed by atoms with Crippen LogP contribution in [-0.4, -0.2) is 75.7 Å². The summed E-state index contributed by atoms with van der Waals surface area (Å²) in [5.74, 6) is -1.67. The lowest BCUT2D eigenvalue weighted by Crippen LogP contribution is -2.32. The Balaban J connectivity index is 1.87. The molecule has 2 amide bonds. The van der Waals surface area contributed by atoms with Crippen molar-refractivity contribution in [1.29, 1.82) is 0 Å². The third-order valence-electron chi connectivity index (χ3n) is 2.97. The van der Waals surface area contributed by atoms with Crippen LogP contribution in [0.3, 0.4) is 0 Å². The summed E-state index contributed by atoms with van der Waals surface area (Å²) in [6.07, 6.45) is 0.113. The van der Waals surface area contributed by atoms with E-state index in [1.54, 1.807) is 0 Å². The number of amides is 2. The van der Waals surface area contributed by atoms with Gasteiger partial charge in [-0.15, -0.1) is 5.06 Å². The van der Waals surface area contributed by atoms with Crippen LogP contribution in [0.5, 0.6) is 0 Å². The van der Waals surface area contributed by atoms with Crippen molar-refractivity contribution >= 4 is 17.8 Å². The number of hydrogen-bond donors (Lipinski definition) is 0. The maximum Gasteiger partial charge on any atom is 0.335 e. The highest BCUT2D eigenvalue weighted by molar-refractivity contribution is 6.01. The molecule has 9 nitrogen and oxygen atoms in total. The molecule has 0 unspecified atom stereocenters. The van der Waals surface area contributed by atoms with Crippen LogP contribution in [0.4, 0.5) is 0 Å². The van der Waals surface area contributed by atoms with Gasteiger partial charge in [-0.2, -0.15) is 0 Å². The quantitative estimate of drug-likeness (QED) is 0.321. The summed E-state index contributed by atoms with van der Waals surface area (Å²) in [6, 6.07) is 0. The number of hydrogen-bond acceptors (Lipinski definition) is 8. The fourth-order valence-electron chi connectivity index (χ4n) is 1.76. The van der Waals surface area contributed by atoms with Gasteiger partial charge in [0.2, 0.25) is 0 Å². The van der Waals surface area contributed by atoms with Gasteiger partial charge in [0.15, 0.2) is 0 Å². The number of carbonyl (C=O) groups is 3. The Labute approximate surface area is 141 Å². The molecule has 0 saturated carbocycles. The molecule has 0 radical (unpaired) electrons. The molecule has 1 fully saturated rings. The van der Waals surface area contributed by atoms with E-state index in [4.69, 9.17) is 23.8 Å². The zero-order chi connectivity index (χ0) is 17.6. The maximum absolute atomic E-state index is 11.5. The Bertz CT molecular complexity index is 385. The third kappa shape index (κ3) is 8.92. The van der Waals surface area contributed by atoms with E-state index in [1.165, 1.54) is 0 Å². The van der Waals surface area contributed by atoms with Crippen LogP contribution >= 0.6 is 0 Å². The molecule has 1 saturated heterocycles. The Kier molecular flexibility index (Phi) is 10.9. The molecule has 0 atom stereocenters. The normalized spacial score (nSPS) is 14.5. The van der Waals surface area contributed by atoms with Crippen molar-refractivity contribution < 1.29 is 38.2 Å². The SMILES string of the molecule is CCOCCOCCOCCOCCC(=O)ON1C(=O)CCC1=O. The second kappa shape index (κ2) is 12.8. The molecule has 0 N–H and O–H groups in total. The summed E-state index contributed by atoms with van der Waals surface area (Å²) in [6.45, 7) is 5.49. The molecule has 0 spiro atoms. The molecule has 1 aliphatic rings. The van der Waals surface area contributed by atoms with Gasteiger partial charge < -0.3 is 23.8 Å². The summed E-state index contributed by atoms with van der Waals surface area (Å²) >= 11 is 0. The fourth-order valence-corrected chi connectivity index (χ4v) is 1.76. The maximum atomic E-state index is 11.5. The zero-order valence-electron chi connectivity index (χ0n) is 14.0. The standard InChI is InChI=1S/C15H25NO8/c1-2-20-7-8-22-11-12-23-10-9-21-6-5-15(19)24-16-13(17)3-4-14(16)18/h2-12H2,1H3. The number of nitrogens with zero attached hydrogens (tertiary/aromatic N) is 1. The van der Waals surface area contributed by atoms with E-state index in [1.807, 2.05) is 6.92 Å². The molecule has 1 aliphatic heterocycles. The summed E-state index contributed by atoms with van der Waals surface area (Å²) in [5.41, 5.74) is 0. The molecule has 0 aliphatic carbocycles. The van der Waals surface area contributed by atoms with Gasteiger partial charge in [0.25, 0.3) is 11.8 Å². The van der Waals surface area contributed by atoms with Gasteiger partial charge in [0.05, 0.1) is 52.7 Å². The Hall–Kier alpha value is -1.55. The van der Waals surface area contributed by atoms with Crippen molar-refractivity contribution in [2.75, 3.05) is 52.9 Å². The highest BCUT2D eigenvalue weighted by atomic mass is 16.7. The van der Waals surface area contributed by atoms with Gasteiger partial charge >= 0.3 is 5.97 Å². The first-order chi connectivity index (χ1) is 11.6. The van der Waals surface area contributed by atoms with Crippen molar-refractivity contribution in [3.63, 3.8) is 0 Å². The molecule has 138 valence electrons. The third-order valence-corrected chi connectivity index (χ3v) is 2.97. The van der Waals surface area contributed by atoms with E-state index in [0.717, 1.165) is 0 Å². The lowest BCUT2D eigenvalue weighted by Gasteiger charge is -2.12. The predicted octanol–water partition coefficient (Wildman–Crippen LogP) is 0.0700. The average Bonchev–Trinajstić information content (AvgIpc) is 2.88. The fraction of sp³-hybridized carbons (Fsp3) is 0.800. The highest BCUT2D eigenvalue weighted by Crippen LogP contribution is 2.12. The lowest BCUT2D eigenvalue weighted by atomic mass is 10.4. The molecule has 0 aromatic rings. The van der Waals surface area contributed by atoms with E-state index in [2.05, 4.69) is 0 Å². The number of imide groups is 1. The second-order valence-electron chi connectivity index (χ2n) is 4.83. The van der Waals surface area contributed by atoms with Gasteiger partial charge in [0, 0.05) is 19.4 Å². The first-order valence-corrected chi connectivity index (χ1v) is 8.02. The summed E-state index contributed by atoms with van der Waals surface area (Å²) in [5, 5.41) is 0.525. The monoisotopic (exact) mass is 347 g/mol. The van der Waals surface area contributed by atoms with E-state index < -0.39 is 17.8 Å². The molecule has 0 bridgehead atoms. The predicted molar refractivity (Wildman–Crippen MR) is 80.7 cm³/mol. The number of carbonyl (C=O) groups excluding carboxylic acids is 3. The van der Waals surface area contributed by atoms with Gasteiger partial charge in [0.1, 0.15) is 0 Å². The Morgan fingerprint density at radius 1 is 0.833 bits per heavy atom. The van der Waals surface area contributed by atoms with Crippen molar-refractivity contribution in [1.82, 2.24) is 5.06 Å². The van der Waals surface area contributed by atoms with Crippen molar-refractivity contribution in [3.8, 4) is 0 Å². The Morgan fingerprint density at radius 2 is 1.29 bits per heavy atom. The van der Waals surface area contributed by atoms with Gasteiger partial charge in [-0.05, 0) is 6.92 Å². The molecule has 0 aromatic carbocycles. The minimum Gasteiger partial charge on any atom is -0.379 e. The minimum absolute atomic E-state index is 0.0440. The van der Waals surface area contributed by atoms with Crippen molar-refractivity contribution in [3.05, 3.63) is 0 Å². The van der Waals surface area contributed by atoms with E-state index in [0.29, 0.717) is 51.3 Å². The summed E-state index contributed by atoms with van der Waals surface area (Å²) < 4.78 is 20.9. The summed E-state index contributed by atoms with van der Waals surface area (Å²) in [4.78, 5) is 38.7. The summed E-state index contributed by atoms with van der Waals surface area (Å²) in [7, 11) is 0. The van der Waals surface area contributed by atoms with Crippen LogP contribution in [0, 0.1) is 0 Å². The van der Waals surface area contributed by atoms with Crippen LogP contribution < -0.4 is 0 Å². The Morgan fingerprint density at radius 3 is 1.79 bits per heavy atom. The molecular weight excluding hydrogens is 322 g/mol. The van der Waals surface area contributed by atoms with Gasteiger partial charge in [-0.25, -0.2) is 4.79 Å². The number of rotatable bonds is 14. The smallest absolute Gasteiger partial charge is 0.335 e. The van der Waals surface area contributed by atoms with Crippen molar-refractivity contribution in [2.24, 2.45) is 0 Å². The lowest BCUT2D eigenvalue weighted by molar-refractivity contribution is -0.198. The van der Waals surface area contributed by atoms with Crippen LogP contribution in [0.25, 0.3) is 0 Å².